The summed E-state index contributed by atoms with van der Waals surface area (Å²) in [6.07, 6.45) is 1.23. The van der Waals surface area contributed by atoms with Gasteiger partial charge >= 0.3 is 0 Å². The van der Waals surface area contributed by atoms with Crippen molar-refractivity contribution in [3.63, 3.8) is 0 Å². The van der Waals surface area contributed by atoms with Crippen LogP contribution in [0.5, 0.6) is 0 Å². The van der Waals surface area contributed by atoms with Gasteiger partial charge in [0.25, 0.3) is 0 Å². The van der Waals surface area contributed by atoms with Gasteiger partial charge < -0.3 is 16.0 Å². The van der Waals surface area contributed by atoms with Crippen molar-refractivity contribution >= 4 is 11.6 Å². The number of nitrogens with two attached hydrogens (primary N) is 1. The Morgan fingerprint density at radius 2 is 2.05 bits per heavy atom. The van der Waals surface area contributed by atoms with Gasteiger partial charge in [-0.1, -0.05) is 26.0 Å². The summed E-state index contributed by atoms with van der Waals surface area (Å²) >= 11 is 0. The fourth-order valence-electron chi connectivity index (χ4n) is 2.10. The van der Waals surface area contributed by atoms with Crippen molar-refractivity contribution in [2.24, 2.45) is 5.92 Å². The second kappa shape index (κ2) is 7.90. The van der Waals surface area contributed by atoms with Crippen LogP contribution in [0.1, 0.15) is 25.8 Å². The molecule has 1 rings (SSSR count). The van der Waals surface area contributed by atoms with Crippen molar-refractivity contribution in [2.45, 2.75) is 32.7 Å². The Labute approximate surface area is 122 Å². The second-order valence-corrected chi connectivity index (χ2v) is 5.93. The third kappa shape index (κ3) is 6.06. The highest BCUT2D eigenvalue weighted by Gasteiger charge is 2.16. The molecule has 0 aromatic heterocycles. The summed E-state index contributed by atoms with van der Waals surface area (Å²) in [4.78, 5) is 14.1. The van der Waals surface area contributed by atoms with Crippen molar-refractivity contribution in [3.05, 3.63) is 29.8 Å². The van der Waals surface area contributed by atoms with E-state index >= 15 is 0 Å². The molecule has 0 aliphatic carbocycles. The molecule has 1 aromatic carbocycles. The molecular weight excluding hydrogens is 250 g/mol. The van der Waals surface area contributed by atoms with Gasteiger partial charge in [0.15, 0.2) is 0 Å². The summed E-state index contributed by atoms with van der Waals surface area (Å²) in [5.74, 6) is 0.529. The van der Waals surface area contributed by atoms with Crippen LogP contribution in [0, 0.1) is 5.92 Å². The first-order valence-corrected chi connectivity index (χ1v) is 7.17. The Balaban J connectivity index is 2.45. The molecule has 0 aliphatic heterocycles. The molecule has 1 aromatic rings. The maximum atomic E-state index is 12.0. The van der Waals surface area contributed by atoms with Crippen molar-refractivity contribution in [1.82, 2.24) is 10.2 Å². The number of carbonyl (C=O) groups is 1. The van der Waals surface area contributed by atoms with Crippen LogP contribution in [0.25, 0.3) is 0 Å². The van der Waals surface area contributed by atoms with Crippen LogP contribution in [-0.2, 0) is 11.2 Å². The van der Waals surface area contributed by atoms with Crippen molar-refractivity contribution in [3.8, 4) is 0 Å². The van der Waals surface area contributed by atoms with E-state index in [-0.39, 0.29) is 11.9 Å². The maximum absolute atomic E-state index is 12.0. The molecule has 1 unspecified atom stereocenters. The molecule has 0 heterocycles. The van der Waals surface area contributed by atoms with Gasteiger partial charge in [-0.15, -0.1) is 0 Å². The number of aryl methyl sites for hydroxylation is 1. The molecule has 1 amide bonds. The van der Waals surface area contributed by atoms with Gasteiger partial charge in [0.1, 0.15) is 0 Å². The van der Waals surface area contributed by atoms with Gasteiger partial charge in [0.05, 0.1) is 0 Å². The predicted molar refractivity (Wildman–Crippen MR) is 84.5 cm³/mol. The molecule has 20 heavy (non-hydrogen) atoms. The number of nitrogens with zero attached hydrogens (tertiary/aromatic N) is 1. The molecule has 0 radical (unpaired) electrons. The number of nitrogens with one attached hydrogen (secondary N) is 1. The zero-order valence-corrected chi connectivity index (χ0v) is 13.0. The van der Waals surface area contributed by atoms with Gasteiger partial charge in [-0.2, -0.15) is 0 Å². The second-order valence-electron chi connectivity index (χ2n) is 5.93. The Kier molecular flexibility index (Phi) is 6.52. The smallest absolute Gasteiger partial charge is 0.220 e. The number of nitrogen functional groups attached to an aromatic ring is 1. The zero-order chi connectivity index (χ0) is 15.1. The number of hydrogen-bond donors (Lipinski definition) is 2. The fraction of sp³-hybridized carbons (Fsp3) is 0.562. The van der Waals surface area contributed by atoms with Gasteiger partial charge in [0.2, 0.25) is 5.91 Å². The summed E-state index contributed by atoms with van der Waals surface area (Å²) < 4.78 is 0. The van der Waals surface area contributed by atoms with E-state index < -0.39 is 0 Å². The van der Waals surface area contributed by atoms with Crippen molar-refractivity contribution in [2.75, 3.05) is 26.4 Å². The number of hydrogen-bond acceptors (Lipinski definition) is 3. The zero-order valence-electron chi connectivity index (χ0n) is 13.0. The lowest BCUT2D eigenvalue weighted by Crippen LogP contribution is -2.45. The average Bonchev–Trinajstić information content (AvgIpc) is 2.35. The Morgan fingerprint density at radius 3 is 2.60 bits per heavy atom. The van der Waals surface area contributed by atoms with E-state index in [0.29, 0.717) is 12.3 Å². The summed E-state index contributed by atoms with van der Waals surface area (Å²) in [7, 11) is 4.04. The lowest BCUT2D eigenvalue weighted by Gasteiger charge is -2.25. The highest BCUT2D eigenvalue weighted by atomic mass is 16.1. The van der Waals surface area contributed by atoms with E-state index in [4.69, 9.17) is 5.73 Å². The normalized spacial score (nSPS) is 12.7. The minimum absolute atomic E-state index is 0.105. The minimum Gasteiger partial charge on any atom is -0.399 e. The van der Waals surface area contributed by atoms with E-state index in [0.717, 1.165) is 24.2 Å². The molecule has 0 bridgehead atoms. The first-order chi connectivity index (χ1) is 9.38. The molecule has 3 N–H and O–H groups in total. The topological polar surface area (TPSA) is 58.4 Å². The molecule has 0 fully saturated rings. The number of rotatable bonds is 7. The number of benzene rings is 1. The summed E-state index contributed by atoms with van der Waals surface area (Å²) in [6.45, 7) is 5.13. The molecule has 0 saturated carbocycles. The molecule has 4 heteroatoms. The van der Waals surface area contributed by atoms with Crippen LogP contribution in [0.4, 0.5) is 5.69 Å². The van der Waals surface area contributed by atoms with E-state index in [9.17, 15) is 4.79 Å². The van der Waals surface area contributed by atoms with Crippen LogP contribution >= 0.6 is 0 Å². The molecule has 0 saturated heterocycles. The van der Waals surface area contributed by atoms with Crippen LogP contribution in [0.15, 0.2) is 24.3 Å². The van der Waals surface area contributed by atoms with Crippen molar-refractivity contribution < 1.29 is 4.79 Å². The van der Waals surface area contributed by atoms with Gasteiger partial charge in [-0.3, -0.25) is 4.79 Å². The third-order valence-electron chi connectivity index (χ3n) is 3.30. The lowest BCUT2D eigenvalue weighted by atomic mass is 10.0. The van der Waals surface area contributed by atoms with E-state index in [1.165, 1.54) is 0 Å². The third-order valence-corrected chi connectivity index (χ3v) is 3.30. The largest absolute Gasteiger partial charge is 0.399 e. The van der Waals surface area contributed by atoms with E-state index in [2.05, 4.69) is 24.1 Å². The van der Waals surface area contributed by atoms with Crippen LogP contribution in [0.2, 0.25) is 0 Å². The number of anilines is 1. The summed E-state index contributed by atoms with van der Waals surface area (Å²) in [5, 5.41) is 3.12. The first kappa shape index (κ1) is 16.5. The van der Waals surface area contributed by atoms with Gasteiger partial charge in [-0.05, 0) is 44.1 Å². The Bertz CT molecular complexity index is 429. The Morgan fingerprint density at radius 1 is 1.35 bits per heavy atom. The molecule has 0 spiro atoms. The minimum atomic E-state index is 0.105. The van der Waals surface area contributed by atoms with Crippen LogP contribution in [0.3, 0.4) is 0 Å². The van der Waals surface area contributed by atoms with Gasteiger partial charge in [-0.25, -0.2) is 0 Å². The Hall–Kier alpha value is -1.55. The fourth-order valence-corrected chi connectivity index (χ4v) is 2.10. The quantitative estimate of drug-likeness (QED) is 0.748. The molecule has 4 nitrogen and oxygen atoms in total. The monoisotopic (exact) mass is 277 g/mol. The lowest BCUT2D eigenvalue weighted by molar-refractivity contribution is -0.122. The summed E-state index contributed by atoms with van der Waals surface area (Å²) in [5.41, 5.74) is 7.59. The number of amides is 1. The molecule has 0 aliphatic rings. The molecule has 1 atom stereocenters. The number of carbonyl (C=O) groups excluding carboxylic acids is 1. The van der Waals surface area contributed by atoms with Crippen molar-refractivity contribution in [1.29, 1.82) is 0 Å². The number of likely N-dealkylation sites (N-methyl/N-ethyl adjacent to an activating group) is 1. The molecule has 112 valence electrons. The SMILES string of the molecule is CC(C)C(CN(C)C)NC(=O)CCc1cccc(N)c1. The van der Waals surface area contributed by atoms with E-state index in [1.807, 2.05) is 38.4 Å². The summed E-state index contributed by atoms with van der Waals surface area (Å²) in [6, 6.07) is 7.90. The van der Waals surface area contributed by atoms with E-state index in [1.54, 1.807) is 0 Å². The molecular formula is C16H27N3O. The predicted octanol–water partition coefficient (Wildman–Crippen LogP) is 1.90. The van der Waals surface area contributed by atoms with Crippen LogP contribution < -0.4 is 11.1 Å². The van der Waals surface area contributed by atoms with Gasteiger partial charge in [0, 0.05) is 24.7 Å². The standard InChI is InChI=1S/C16H27N3O/c1-12(2)15(11-19(3)4)18-16(20)9-8-13-6-5-7-14(17)10-13/h5-7,10,12,15H,8-9,11,17H2,1-4H3,(H,18,20). The maximum Gasteiger partial charge on any atom is 0.220 e. The average molecular weight is 277 g/mol. The first-order valence-electron chi connectivity index (χ1n) is 7.17. The highest BCUT2D eigenvalue weighted by Crippen LogP contribution is 2.09. The van der Waals surface area contributed by atoms with Crippen LogP contribution in [-0.4, -0.2) is 37.5 Å². The highest BCUT2D eigenvalue weighted by molar-refractivity contribution is 5.76.